The van der Waals surface area contributed by atoms with E-state index in [2.05, 4.69) is 52.0 Å². The van der Waals surface area contributed by atoms with Gasteiger partial charge in [0.05, 0.1) is 12.7 Å². The van der Waals surface area contributed by atoms with E-state index in [1.807, 2.05) is 17.0 Å². The highest BCUT2D eigenvalue weighted by Gasteiger charge is 2.22. The first kappa shape index (κ1) is 18.9. The molecule has 1 aliphatic rings. The van der Waals surface area contributed by atoms with Gasteiger partial charge in [-0.2, -0.15) is 0 Å². The number of hydrogen-bond donors (Lipinski definition) is 0. The summed E-state index contributed by atoms with van der Waals surface area (Å²) in [5.74, 6) is 0.764. The number of amides is 1. The Morgan fingerprint density at radius 3 is 2.58 bits per heavy atom. The maximum atomic E-state index is 13.0. The lowest BCUT2D eigenvalue weighted by Gasteiger charge is -2.23. The summed E-state index contributed by atoms with van der Waals surface area (Å²) in [5, 5.41) is 0. The monoisotopic (exact) mass is 416 g/mol. The molecule has 5 heteroatoms. The van der Waals surface area contributed by atoms with E-state index in [4.69, 9.17) is 4.74 Å². The third-order valence-electron chi connectivity index (χ3n) is 4.81. The molecule has 3 rings (SSSR count). The van der Waals surface area contributed by atoms with Crippen molar-refractivity contribution in [2.75, 3.05) is 33.3 Å². The Bertz CT molecular complexity index is 761. The summed E-state index contributed by atoms with van der Waals surface area (Å²) in [7, 11) is 1.62. The molecule has 0 aromatic heterocycles. The first-order valence-electron chi connectivity index (χ1n) is 8.97. The highest BCUT2D eigenvalue weighted by atomic mass is 79.9. The van der Waals surface area contributed by atoms with Crippen molar-refractivity contribution in [2.45, 2.75) is 19.9 Å². The third kappa shape index (κ3) is 4.65. The first-order chi connectivity index (χ1) is 12.6. The quantitative estimate of drug-likeness (QED) is 0.751. The molecule has 1 heterocycles. The van der Waals surface area contributed by atoms with Crippen LogP contribution in [0.3, 0.4) is 0 Å². The lowest BCUT2D eigenvalue weighted by molar-refractivity contribution is 0.0760. The SMILES string of the molecule is COc1ccc(Br)c(C(=O)N2CCCN(Cc3ccc(C)cc3)CC2)c1. The molecule has 1 saturated heterocycles. The number of ether oxygens (including phenoxy) is 1. The zero-order valence-corrected chi connectivity index (χ0v) is 17.0. The van der Waals surface area contributed by atoms with E-state index in [-0.39, 0.29) is 5.91 Å². The Hall–Kier alpha value is -1.85. The van der Waals surface area contributed by atoms with E-state index < -0.39 is 0 Å². The van der Waals surface area contributed by atoms with Crippen LogP contribution in [0.5, 0.6) is 5.75 Å². The summed E-state index contributed by atoms with van der Waals surface area (Å²) < 4.78 is 6.07. The molecule has 26 heavy (non-hydrogen) atoms. The Morgan fingerprint density at radius 2 is 1.85 bits per heavy atom. The molecule has 0 bridgehead atoms. The molecule has 1 aliphatic heterocycles. The van der Waals surface area contributed by atoms with Gasteiger partial charge in [-0.3, -0.25) is 9.69 Å². The van der Waals surface area contributed by atoms with Crippen LogP contribution in [0.4, 0.5) is 0 Å². The lowest BCUT2D eigenvalue weighted by Crippen LogP contribution is -2.35. The van der Waals surface area contributed by atoms with E-state index in [0.29, 0.717) is 11.3 Å². The summed E-state index contributed by atoms with van der Waals surface area (Å²) in [6.07, 6.45) is 0.985. The summed E-state index contributed by atoms with van der Waals surface area (Å²) in [5.41, 5.74) is 3.27. The van der Waals surface area contributed by atoms with E-state index in [1.54, 1.807) is 13.2 Å². The molecule has 138 valence electrons. The number of carbonyl (C=O) groups excluding carboxylic acids is 1. The number of rotatable bonds is 4. The molecule has 2 aromatic carbocycles. The molecule has 1 amide bonds. The number of benzene rings is 2. The number of aryl methyl sites for hydroxylation is 1. The minimum absolute atomic E-state index is 0.0629. The van der Waals surface area contributed by atoms with Gasteiger partial charge in [0.25, 0.3) is 5.91 Å². The third-order valence-corrected chi connectivity index (χ3v) is 5.50. The maximum absolute atomic E-state index is 13.0. The van der Waals surface area contributed by atoms with Crippen molar-refractivity contribution < 1.29 is 9.53 Å². The maximum Gasteiger partial charge on any atom is 0.255 e. The Morgan fingerprint density at radius 1 is 1.08 bits per heavy atom. The summed E-state index contributed by atoms with van der Waals surface area (Å²) in [6, 6.07) is 14.2. The van der Waals surface area contributed by atoms with Gasteiger partial charge in [0.2, 0.25) is 0 Å². The van der Waals surface area contributed by atoms with Crippen LogP contribution in [0.15, 0.2) is 46.9 Å². The predicted octanol–water partition coefficient (Wildman–Crippen LogP) is 4.11. The molecule has 0 radical (unpaired) electrons. The topological polar surface area (TPSA) is 32.8 Å². The second kappa shape index (κ2) is 8.69. The second-order valence-corrected chi connectivity index (χ2v) is 7.61. The number of nitrogens with zero attached hydrogens (tertiary/aromatic N) is 2. The molecule has 0 spiro atoms. The lowest BCUT2D eigenvalue weighted by atomic mass is 10.1. The normalized spacial score (nSPS) is 15.6. The number of halogens is 1. The van der Waals surface area contributed by atoms with Crippen LogP contribution in [0.1, 0.15) is 27.9 Å². The van der Waals surface area contributed by atoms with E-state index in [0.717, 1.165) is 43.6 Å². The van der Waals surface area contributed by atoms with Crippen molar-refractivity contribution in [1.29, 1.82) is 0 Å². The van der Waals surface area contributed by atoms with Gasteiger partial charge in [0.1, 0.15) is 5.75 Å². The Balaban J connectivity index is 1.64. The van der Waals surface area contributed by atoms with Gasteiger partial charge in [-0.25, -0.2) is 0 Å². The predicted molar refractivity (Wildman–Crippen MR) is 108 cm³/mol. The van der Waals surface area contributed by atoms with Crippen molar-refractivity contribution in [3.63, 3.8) is 0 Å². The summed E-state index contributed by atoms with van der Waals surface area (Å²) in [4.78, 5) is 17.3. The molecule has 2 aromatic rings. The van der Waals surface area contributed by atoms with Crippen LogP contribution in [0.25, 0.3) is 0 Å². The zero-order valence-electron chi connectivity index (χ0n) is 15.4. The fourth-order valence-electron chi connectivity index (χ4n) is 3.25. The van der Waals surface area contributed by atoms with Crippen molar-refractivity contribution >= 4 is 21.8 Å². The van der Waals surface area contributed by atoms with Crippen LogP contribution in [0.2, 0.25) is 0 Å². The Labute approximate surface area is 163 Å². The second-order valence-electron chi connectivity index (χ2n) is 6.75. The highest BCUT2D eigenvalue weighted by Crippen LogP contribution is 2.24. The van der Waals surface area contributed by atoms with Gasteiger partial charge in [0, 0.05) is 37.2 Å². The van der Waals surface area contributed by atoms with E-state index in [9.17, 15) is 4.79 Å². The van der Waals surface area contributed by atoms with Crippen molar-refractivity contribution in [3.8, 4) is 5.75 Å². The smallest absolute Gasteiger partial charge is 0.255 e. The molecule has 0 unspecified atom stereocenters. The van der Waals surface area contributed by atoms with Crippen LogP contribution in [-0.4, -0.2) is 49.0 Å². The average Bonchev–Trinajstić information content (AvgIpc) is 2.89. The van der Waals surface area contributed by atoms with Crippen LogP contribution in [-0.2, 0) is 6.54 Å². The number of methoxy groups -OCH3 is 1. The van der Waals surface area contributed by atoms with Crippen LogP contribution in [0, 0.1) is 6.92 Å². The van der Waals surface area contributed by atoms with Crippen molar-refractivity contribution in [3.05, 3.63) is 63.6 Å². The molecule has 0 atom stereocenters. The minimum Gasteiger partial charge on any atom is -0.497 e. The van der Waals surface area contributed by atoms with Gasteiger partial charge in [-0.1, -0.05) is 29.8 Å². The van der Waals surface area contributed by atoms with Gasteiger partial charge >= 0.3 is 0 Å². The summed E-state index contributed by atoms with van der Waals surface area (Å²) >= 11 is 3.49. The van der Waals surface area contributed by atoms with Gasteiger partial charge in [0.15, 0.2) is 0 Å². The molecule has 0 N–H and O–H groups in total. The number of carbonyl (C=O) groups is 1. The van der Waals surface area contributed by atoms with Crippen LogP contribution >= 0.6 is 15.9 Å². The molecular weight excluding hydrogens is 392 g/mol. The number of hydrogen-bond acceptors (Lipinski definition) is 3. The molecule has 1 fully saturated rings. The van der Waals surface area contributed by atoms with Gasteiger partial charge < -0.3 is 9.64 Å². The van der Waals surface area contributed by atoms with Gasteiger partial charge in [-0.05, 0) is 53.0 Å². The molecular formula is C21H25BrN2O2. The van der Waals surface area contributed by atoms with Gasteiger partial charge in [-0.15, -0.1) is 0 Å². The van der Waals surface area contributed by atoms with Crippen molar-refractivity contribution in [1.82, 2.24) is 9.80 Å². The minimum atomic E-state index is 0.0629. The Kier molecular flexibility index (Phi) is 6.33. The highest BCUT2D eigenvalue weighted by molar-refractivity contribution is 9.10. The van der Waals surface area contributed by atoms with Crippen molar-refractivity contribution in [2.24, 2.45) is 0 Å². The zero-order chi connectivity index (χ0) is 18.5. The summed E-state index contributed by atoms with van der Waals surface area (Å²) in [6.45, 7) is 6.47. The fraction of sp³-hybridized carbons (Fsp3) is 0.381. The van der Waals surface area contributed by atoms with Crippen LogP contribution < -0.4 is 4.74 Å². The van der Waals surface area contributed by atoms with E-state index in [1.165, 1.54) is 11.1 Å². The first-order valence-corrected chi connectivity index (χ1v) is 9.77. The molecule has 0 aliphatic carbocycles. The average molecular weight is 417 g/mol. The largest absolute Gasteiger partial charge is 0.497 e. The standard InChI is InChI=1S/C21H25BrN2O2/c1-16-4-6-17(7-5-16)15-23-10-3-11-24(13-12-23)21(25)19-14-18(26-2)8-9-20(19)22/h4-9,14H,3,10-13,15H2,1-2H3. The molecule has 0 saturated carbocycles. The fourth-order valence-corrected chi connectivity index (χ4v) is 3.67. The molecule has 4 nitrogen and oxygen atoms in total. The van der Waals surface area contributed by atoms with E-state index >= 15 is 0 Å².